The first-order chi connectivity index (χ1) is 6.93. The highest BCUT2D eigenvalue weighted by Crippen LogP contribution is 2.45. The van der Waals surface area contributed by atoms with Crippen LogP contribution >= 0.6 is 15.9 Å². The second-order valence-corrected chi connectivity index (χ2v) is 5.98. The molecule has 0 aromatic heterocycles. The lowest BCUT2D eigenvalue weighted by molar-refractivity contribution is 0.315. The van der Waals surface area contributed by atoms with Crippen molar-refractivity contribution in [2.24, 2.45) is 5.92 Å². The van der Waals surface area contributed by atoms with Crippen LogP contribution in [-0.2, 0) is 0 Å². The van der Waals surface area contributed by atoms with Crippen LogP contribution in [0.5, 0.6) is 0 Å². The van der Waals surface area contributed by atoms with E-state index in [1.165, 1.54) is 15.7 Å². The Morgan fingerprint density at radius 2 is 1.93 bits per heavy atom. The molecular weight excluding hydrogens is 250 g/mol. The second-order valence-electron chi connectivity index (χ2n) is 5.13. The summed E-state index contributed by atoms with van der Waals surface area (Å²) in [4.78, 5) is 0. The number of hydrogen-bond acceptors (Lipinski definition) is 1. The highest BCUT2D eigenvalue weighted by atomic mass is 79.9. The van der Waals surface area contributed by atoms with Gasteiger partial charge in [0.05, 0.1) is 5.69 Å². The van der Waals surface area contributed by atoms with Gasteiger partial charge in [-0.05, 0) is 53.2 Å². The van der Waals surface area contributed by atoms with Crippen molar-refractivity contribution in [2.45, 2.75) is 39.2 Å². The molecule has 0 saturated carbocycles. The fourth-order valence-corrected chi connectivity index (χ4v) is 2.86. The van der Waals surface area contributed by atoms with E-state index in [9.17, 15) is 0 Å². The zero-order valence-corrected chi connectivity index (χ0v) is 11.4. The third-order valence-corrected chi connectivity index (χ3v) is 4.53. The Kier molecular flexibility index (Phi) is 2.58. The summed E-state index contributed by atoms with van der Waals surface area (Å²) in [5, 5.41) is 3.64. The minimum absolute atomic E-state index is 0.163. The summed E-state index contributed by atoms with van der Waals surface area (Å²) in [5.74, 6) is 1.24. The zero-order valence-electron chi connectivity index (χ0n) is 9.76. The SMILES string of the molecule is CC1c2cccc(Br)c2NC(C)(C)C1C. The Morgan fingerprint density at radius 1 is 1.27 bits per heavy atom. The number of hydrogen-bond donors (Lipinski definition) is 1. The van der Waals surface area contributed by atoms with Crippen molar-refractivity contribution < 1.29 is 0 Å². The molecule has 1 aromatic rings. The average molecular weight is 268 g/mol. The van der Waals surface area contributed by atoms with Crippen molar-refractivity contribution in [2.75, 3.05) is 5.32 Å². The number of halogens is 1. The minimum atomic E-state index is 0.163. The van der Waals surface area contributed by atoms with E-state index in [1.807, 2.05) is 0 Å². The summed E-state index contributed by atoms with van der Waals surface area (Å²) in [7, 11) is 0. The molecule has 0 radical (unpaired) electrons. The van der Waals surface area contributed by atoms with E-state index in [-0.39, 0.29) is 5.54 Å². The van der Waals surface area contributed by atoms with E-state index >= 15 is 0 Å². The van der Waals surface area contributed by atoms with Crippen molar-refractivity contribution >= 4 is 21.6 Å². The first-order valence-corrected chi connectivity index (χ1v) is 6.29. The van der Waals surface area contributed by atoms with Crippen molar-refractivity contribution in [1.82, 2.24) is 0 Å². The Labute approximate surface area is 100 Å². The molecule has 1 aliphatic rings. The fraction of sp³-hybridized carbons (Fsp3) is 0.538. The summed E-state index contributed by atoms with van der Waals surface area (Å²) in [6, 6.07) is 6.44. The molecule has 0 bridgehead atoms. The third-order valence-electron chi connectivity index (χ3n) is 3.87. The Bertz CT molecular complexity index is 384. The summed E-state index contributed by atoms with van der Waals surface area (Å²) in [6.45, 7) is 9.19. The van der Waals surface area contributed by atoms with E-state index < -0.39 is 0 Å². The summed E-state index contributed by atoms with van der Waals surface area (Å²) in [6.07, 6.45) is 0. The van der Waals surface area contributed by atoms with Gasteiger partial charge in [-0.3, -0.25) is 0 Å². The summed E-state index contributed by atoms with van der Waals surface area (Å²) >= 11 is 3.62. The van der Waals surface area contributed by atoms with Crippen molar-refractivity contribution in [3.8, 4) is 0 Å². The second kappa shape index (κ2) is 3.51. The molecule has 0 aliphatic carbocycles. The predicted octanol–water partition coefficient (Wildman–Crippen LogP) is 4.39. The lowest BCUT2D eigenvalue weighted by Gasteiger charge is -2.44. The lowest BCUT2D eigenvalue weighted by Crippen LogP contribution is -2.44. The van der Waals surface area contributed by atoms with Crippen LogP contribution in [0.15, 0.2) is 22.7 Å². The summed E-state index contributed by atoms with van der Waals surface area (Å²) in [5.41, 5.74) is 2.86. The number of rotatable bonds is 0. The quantitative estimate of drug-likeness (QED) is 0.735. The molecule has 1 aliphatic heterocycles. The van der Waals surface area contributed by atoms with E-state index in [2.05, 4.69) is 67.1 Å². The Morgan fingerprint density at radius 3 is 2.60 bits per heavy atom. The largest absolute Gasteiger partial charge is 0.379 e. The van der Waals surface area contributed by atoms with Gasteiger partial charge in [0.1, 0.15) is 0 Å². The van der Waals surface area contributed by atoms with Crippen LogP contribution < -0.4 is 5.32 Å². The molecule has 0 amide bonds. The van der Waals surface area contributed by atoms with Crippen molar-refractivity contribution in [1.29, 1.82) is 0 Å². The molecule has 2 atom stereocenters. The van der Waals surface area contributed by atoms with Gasteiger partial charge in [0.15, 0.2) is 0 Å². The van der Waals surface area contributed by atoms with Gasteiger partial charge in [-0.2, -0.15) is 0 Å². The molecule has 2 rings (SSSR count). The predicted molar refractivity (Wildman–Crippen MR) is 69.4 cm³/mol. The molecule has 82 valence electrons. The monoisotopic (exact) mass is 267 g/mol. The molecule has 15 heavy (non-hydrogen) atoms. The van der Waals surface area contributed by atoms with E-state index in [0.29, 0.717) is 11.8 Å². The average Bonchev–Trinajstić information content (AvgIpc) is 2.17. The van der Waals surface area contributed by atoms with Gasteiger partial charge in [-0.15, -0.1) is 0 Å². The highest BCUT2D eigenvalue weighted by molar-refractivity contribution is 9.10. The number of para-hydroxylation sites is 1. The van der Waals surface area contributed by atoms with Crippen LogP contribution in [0.1, 0.15) is 39.2 Å². The standard InChI is InChI=1S/C13H18BrN/c1-8-9(2)13(3,4)15-12-10(8)6-5-7-11(12)14/h5-9,15H,1-4H3. The van der Waals surface area contributed by atoms with Crippen LogP contribution in [-0.4, -0.2) is 5.54 Å². The van der Waals surface area contributed by atoms with E-state index in [0.717, 1.165) is 0 Å². The molecule has 1 nitrogen and oxygen atoms in total. The van der Waals surface area contributed by atoms with Crippen LogP contribution in [0.3, 0.4) is 0 Å². The zero-order chi connectivity index (χ0) is 11.2. The van der Waals surface area contributed by atoms with Gasteiger partial charge in [0.25, 0.3) is 0 Å². The smallest absolute Gasteiger partial charge is 0.0524 e. The maximum atomic E-state index is 3.64. The van der Waals surface area contributed by atoms with Crippen molar-refractivity contribution in [3.05, 3.63) is 28.2 Å². The van der Waals surface area contributed by atoms with Gasteiger partial charge in [0.2, 0.25) is 0 Å². The molecule has 0 spiro atoms. The van der Waals surface area contributed by atoms with E-state index in [1.54, 1.807) is 0 Å². The van der Waals surface area contributed by atoms with Crippen LogP contribution in [0, 0.1) is 5.92 Å². The summed E-state index contributed by atoms with van der Waals surface area (Å²) < 4.78 is 1.17. The Balaban J connectivity index is 2.55. The third kappa shape index (κ3) is 1.69. The fourth-order valence-electron chi connectivity index (χ4n) is 2.38. The lowest BCUT2D eigenvalue weighted by atomic mass is 9.73. The molecule has 1 heterocycles. The normalized spacial score (nSPS) is 28.1. The number of nitrogens with one attached hydrogen (secondary N) is 1. The molecule has 2 heteroatoms. The molecule has 0 fully saturated rings. The minimum Gasteiger partial charge on any atom is -0.379 e. The Hall–Kier alpha value is -0.500. The number of benzene rings is 1. The van der Waals surface area contributed by atoms with Crippen molar-refractivity contribution in [3.63, 3.8) is 0 Å². The first-order valence-electron chi connectivity index (χ1n) is 5.50. The van der Waals surface area contributed by atoms with Gasteiger partial charge >= 0.3 is 0 Å². The maximum absolute atomic E-state index is 3.64. The van der Waals surface area contributed by atoms with Gasteiger partial charge in [-0.25, -0.2) is 0 Å². The van der Waals surface area contributed by atoms with Crippen LogP contribution in [0.25, 0.3) is 0 Å². The first kappa shape index (κ1) is 11.0. The molecule has 1 N–H and O–H groups in total. The van der Waals surface area contributed by atoms with Crippen LogP contribution in [0.2, 0.25) is 0 Å². The van der Waals surface area contributed by atoms with E-state index in [4.69, 9.17) is 0 Å². The topological polar surface area (TPSA) is 12.0 Å². The highest BCUT2D eigenvalue weighted by Gasteiger charge is 2.36. The molecule has 2 unspecified atom stereocenters. The molecular formula is C13H18BrN. The number of fused-ring (bicyclic) bond motifs is 1. The molecule has 1 aromatic carbocycles. The van der Waals surface area contributed by atoms with Gasteiger partial charge in [0, 0.05) is 10.0 Å². The van der Waals surface area contributed by atoms with Gasteiger partial charge in [-0.1, -0.05) is 26.0 Å². The van der Waals surface area contributed by atoms with Gasteiger partial charge < -0.3 is 5.32 Å². The number of anilines is 1. The molecule has 0 saturated heterocycles. The van der Waals surface area contributed by atoms with Crippen LogP contribution in [0.4, 0.5) is 5.69 Å². The maximum Gasteiger partial charge on any atom is 0.0524 e.